The summed E-state index contributed by atoms with van der Waals surface area (Å²) >= 11 is -2.57. The second kappa shape index (κ2) is 5.08. The third-order valence-corrected chi connectivity index (χ3v) is 1.84. The van der Waals surface area contributed by atoms with Crippen LogP contribution in [0.3, 0.4) is 0 Å². The van der Waals surface area contributed by atoms with Crippen molar-refractivity contribution in [1.82, 2.24) is 0 Å². The molecular formula is C8H9O4S-. The molecule has 5 heteroatoms. The molecule has 0 aliphatic heterocycles. The molecule has 1 aromatic rings. The van der Waals surface area contributed by atoms with E-state index < -0.39 is 17.5 Å². The Bertz CT molecular complexity index is 275. The monoisotopic (exact) mass is 201 g/mol. The van der Waals surface area contributed by atoms with Crippen molar-refractivity contribution in [3.05, 3.63) is 35.9 Å². The fourth-order valence-corrected chi connectivity index (χ4v) is 1.13. The molecule has 0 amide bonds. The van der Waals surface area contributed by atoms with Gasteiger partial charge in [0.1, 0.15) is 6.10 Å². The molecule has 0 aliphatic rings. The Labute approximate surface area is 78.7 Å². The molecule has 0 bridgehead atoms. The first kappa shape index (κ1) is 10.3. The molecule has 0 saturated carbocycles. The van der Waals surface area contributed by atoms with E-state index in [9.17, 15) is 13.9 Å². The lowest BCUT2D eigenvalue weighted by Gasteiger charge is -2.11. The smallest absolute Gasteiger partial charge is 0.104 e. The molecule has 1 aromatic carbocycles. The van der Waals surface area contributed by atoms with Crippen LogP contribution in [-0.2, 0) is 15.5 Å². The molecule has 0 fully saturated rings. The van der Waals surface area contributed by atoms with Crippen LogP contribution in [-0.4, -0.2) is 20.5 Å². The quantitative estimate of drug-likeness (QED) is 0.721. The molecule has 1 rings (SSSR count). The topological polar surface area (TPSA) is 69.6 Å². The van der Waals surface area contributed by atoms with Crippen molar-refractivity contribution in [1.29, 1.82) is 0 Å². The minimum atomic E-state index is -2.57. The van der Waals surface area contributed by atoms with Crippen LogP contribution in [0, 0.1) is 0 Å². The number of hydrogen-bond donors (Lipinski definition) is 1. The van der Waals surface area contributed by atoms with Crippen LogP contribution in [0.1, 0.15) is 11.7 Å². The highest BCUT2D eigenvalue weighted by Crippen LogP contribution is 2.11. The van der Waals surface area contributed by atoms with Crippen LogP contribution in [0.15, 0.2) is 30.3 Å². The summed E-state index contributed by atoms with van der Waals surface area (Å²) in [6, 6.07) is 8.71. The van der Waals surface area contributed by atoms with Crippen molar-refractivity contribution >= 4 is 11.4 Å². The summed E-state index contributed by atoms with van der Waals surface area (Å²) in [5, 5.41) is 9.37. The van der Waals surface area contributed by atoms with E-state index in [1.54, 1.807) is 24.3 Å². The molecule has 0 heterocycles. The molecule has 0 saturated heterocycles. The molecule has 0 spiro atoms. The first-order chi connectivity index (χ1) is 6.20. The highest BCUT2D eigenvalue weighted by molar-refractivity contribution is 7.74. The predicted octanol–water partition coefficient (Wildman–Crippen LogP) is 0.531. The Hall–Kier alpha value is -0.750. The molecule has 0 radical (unpaired) electrons. The van der Waals surface area contributed by atoms with Gasteiger partial charge >= 0.3 is 0 Å². The average Bonchev–Trinajstić information content (AvgIpc) is 2.15. The lowest BCUT2D eigenvalue weighted by molar-refractivity contribution is 0.109. The van der Waals surface area contributed by atoms with Gasteiger partial charge in [-0.2, -0.15) is 0 Å². The zero-order chi connectivity index (χ0) is 9.68. The maximum atomic E-state index is 10.0. The molecule has 13 heavy (non-hydrogen) atoms. The van der Waals surface area contributed by atoms with E-state index in [-0.39, 0.29) is 6.61 Å². The van der Waals surface area contributed by atoms with Gasteiger partial charge in [-0.1, -0.05) is 30.3 Å². The lowest BCUT2D eigenvalue weighted by atomic mass is 10.1. The van der Waals surface area contributed by atoms with Gasteiger partial charge in [0.15, 0.2) is 0 Å². The van der Waals surface area contributed by atoms with Gasteiger partial charge in [-0.05, 0) is 5.56 Å². The summed E-state index contributed by atoms with van der Waals surface area (Å²) < 4.78 is 24.2. The Kier molecular flexibility index (Phi) is 4.04. The molecular weight excluding hydrogens is 192 g/mol. The number of aliphatic hydroxyl groups excluding tert-OH is 1. The Morgan fingerprint density at radius 2 is 2.08 bits per heavy atom. The van der Waals surface area contributed by atoms with Crippen molar-refractivity contribution < 1.29 is 18.1 Å². The van der Waals surface area contributed by atoms with Crippen LogP contribution in [0.2, 0.25) is 0 Å². The molecule has 0 aromatic heterocycles. The fourth-order valence-electron chi connectivity index (χ4n) is 0.891. The van der Waals surface area contributed by atoms with E-state index in [1.807, 2.05) is 6.07 Å². The Morgan fingerprint density at radius 1 is 1.46 bits per heavy atom. The van der Waals surface area contributed by atoms with Crippen molar-refractivity contribution in [3.63, 3.8) is 0 Å². The summed E-state index contributed by atoms with van der Waals surface area (Å²) in [6.07, 6.45) is -0.904. The first-order valence-electron chi connectivity index (χ1n) is 3.65. The maximum Gasteiger partial charge on any atom is 0.104 e. The summed E-state index contributed by atoms with van der Waals surface area (Å²) in [6.45, 7) is -0.250. The SMILES string of the molecule is O=S([O-])OCC(O)c1ccccc1. The predicted molar refractivity (Wildman–Crippen MR) is 46.3 cm³/mol. The van der Waals surface area contributed by atoms with E-state index >= 15 is 0 Å². The lowest BCUT2D eigenvalue weighted by Crippen LogP contribution is -2.08. The Morgan fingerprint density at radius 3 is 2.62 bits per heavy atom. The highest BCUT2D eigenvalue weighted by atomic mass is 32.2. The molecule has 0 aliphatic carbocycles. The number of aliphatic hydroxyl groups is 1. The van der Waals surface area contributed by atoms with Gasteiger partial charge < -0.3 is 9.66 Å². The number of rotatable bonds is 4. The van der Waals surface area contributed by atoms with Gasteiger partial charge in [-0.25, -0.2) is 4.21 Å². The van der Waals surface area contributed by atoms with Gasteiger partial charge in [0.05, 0.1) is 18.0 Å². The zero-order valence-electron chi connectivity index (χ0n) is 6.75. The summed E-state index contributed by atoms with van der Waals surface area (Å²) in [5.74, 6) is 0. The Balaban J connectivity index is 2.49. The van der Waals surface area contributed by atoms with Gasteiger partial charge in [-0.3, -0.25) is 4.18 Å². The molecule has 2 unspecified atom stereocenters. The fraction of sp³-hybridized carbons (Fsp3) is 0.250. The van der Waals surface area contributed by atoms with Crippen LogP contribution in [0.5, 0.6) is 0 Å². The van der Waals surface area contributed by atoms with E-state index in [2.05, 4.69) is 4.18 Å². The van der Waals surface area contributed by atoms with Crippen LogP contribution < -0.4 is 0 Å². The highest BCUT2D eigenvalue weighted by Gasteiger charge is 2.06. The number of benzene rings is 1. The zero-order valence-corrected chi connectivity index (χ0v) is 7.57. The van der Waals surface area contributed by atoms with E-state index in [0.29, 0.717) is 5.56 Å². The second-order valence-electron chi connectivity index (χ2n) is 2.42. The summed E-state index contributed by atoms with van der Waals surface area (Å²) in [7, 11) is 0. The minimum Gasteiger partial charge on any atom is -0.750 e. The summed E-state index contributed by atoms with van der Waals surface area (Å²) in [5.41, 5.74) is 0.632. The van der Waals surface area contributed by atoms with Crippen LogP contribution in [0.4, 0.5) is 0 Å². The normalized spacial score (nSPS) is 15.2. The van der Waals surface area contributed by atoms with Crippen molar-refractivity contribution in [2.75, 3.05) is 6.61 Å². The first-order valence-corrected chi connectivity index (χ1v) is 4.65. The van der Waals surface area contributed by atoms with Gasteiger partial charge in [0, 0.05) is 0 Å². The van der Waals surface area contributed by atoms with E-state index in [4.69, 9.17) is 0 Å². The number of hydrogen-bond acceptors (Lipinski definition) is 4. The molecule has 4 nitrogen and oxygen atoms in total. The largest absolute Gasteiger partial charge is 0.750 e. The third kappa shape index (κ3) is 3.65. The van der Waals surface area contributed by atoms with Gasteiger partial charge in [0.2, 0.25) is 0 Å². The molecule has 2 atom stereocenters. The minimum absolute atomic E-state index is 0.250. The average molecular weight is 201 g/mol. The third-order valence-electron chi connectivity index (χ3n) is 1.51. The van der Waals surface area contributed by atoms with Gasteiger partial charge in [-0.15, -0.1) is 0 Å². The molecule has 72 valence electrons. The van der Waals surface area contributed by atoms with Crippen molar-refractivity contribution in [3.8, 4) is 0 Å². The van der Waals surface area contributed by atoms with E-state index in [0.717, 1.165) is 0 Å². The van der Waals surface area contributed by atoms with Crippen LogP contribution in [0.25, 0.3) is 0 Å². The second-order valence-corrected chi connectivity index (χ2v) is 3.06. The van der Waals surface area contributed by atoms with Crippen LogP contribution >= 0.6 is 0 Å². The maximum absolute atomic E-state index is 10.0. The van der Waals surface area contributed by atoms with Gasteiger partial charge in [0.25, 0.3) is 0 Å². The molecule has 1 N–H and O–H groups in total. The standard InChI is InChI=1S/C8H10O4S/c9-8(6-12-13(10)11)7-4-2-1-3-5-7/h1-5,8-9H,6H2,(H,10,11)/p-1. The van der Waals surface area contributed by atoms with E-state index in [1.165, 1.54) is 0 Å². The summed E-state index contributed by atoms with van der Waals surface area (Å²) in [4.78, 5) is 0. The van der Waals surface area contributed by atoms with Crippen molar-refractivity contribution in [2.45, 2.75) is 6.10 Å². The van der Waals surface area contributed by atoms with Crippen molar-refractivity contribution in [2.24, 2.45) is 0 Å².